The minimum absolute atomic E-state index is 0.619. The van der Waals surface area contributed by atoms with Crippen LogP contribution in [0.2, 0.25) is 0 Å². The molecule has 1 N–H and O–H groups in total. The predicted octanol–water partition coefficient (Wildman–Crippen LogP) is 1.20. The molecule has 17 heavy (non-hydrogen) atoms. The highest BCUT2D eigenvalue weighted by molar-refractivity contribution is 5.48. The Balaban J connectivity index is 1.90. The van der Waals surface area contributed by atoms with Crippen molar-refractivity contribution in [2.24, 2.45) is 5.92 Å². The summed E-state index contributed by atoms with van der Waals surface area (Å²) in [5, 5.41) is 3.47. The van der Waals surface area contributed by atoms with Crippen LogP contribution in [0, 0.1) is 12.8 Å². The first kappa shape index (κ1) is 10.8. The van der Waals surface area contributed by atoms with Gasteiger partial charge in [-0.2, -0.15) is 0 Å². The first-order chi connectivity index (χ1) is 8.28. The molecular weight excluding hydrogens is 214 g/mol. The summed E-state index contributed by atoms with van der Waals surface area (Å²) in [6.07, 6.45) is 1.27. The molecule has 0 aromatic carbocycles. The van der Waals surface area contributed by atoms with Gasteiger partial charge < -0.3 is 15.0 Å². The quantitative estimate of drug-likeness (QED) is 0.833. The van der Waals surface area contributed by atoms with E-state index in [4.69, 9.17) is 4.74 Å². The molecular formula is C13H19N3O. The number of methoxy groups -OCH3 is 1. The highest BCUT2D eigenvalue weighted by Crippen LogP contribution is 2.32. The maximum absolute atomic E-state index is 5.32. The molecule has 3 rings (SSSR count). The van der Waals surface area contributed by atoms with Gasteiger partial charge >= 0.3 is 0 Å². The highest BCUT2D eigenvalue weighted by Gasteiger charge is 2.38. The molecule has 0 spiro atoms. The van der Waals surface area contributed by atoms with Gasteiger partial charge in [0, 0.05) is 43.5 Å². The number of hydrogen-bond donors (Lipinski definition) is 1. The van der Waals surface area contributed by atoms with Gasteiger partial charge in [0.15, 0.2) is 0 Å². The fourth-order valence-corrected chi connectivity index (χ4v) is 3.02. The first-order valence-electron chi connectivity index (χ1n) is 6.28. The lowest BCUT2D eigenvalue weighted by atomic mass is 10.1. The number of pyridine rings is 1. The average Bonchev–Trinajstić information content (AvgIpc) is 2.89. The number of anilines is 1. The summed E-state index contributed by atoms with van der Waals surface area (Å²) >= 11 is 0. The average molecular weight is 233 g/mol. The van der Waals surface area contributed by atoms with Gasteiger partial charge in [-0.05, 0) is 19.3 Å². The lowest BCUT2D eigenvalue weighted by Gasteiger charge is -2.25. The SMILES string of the molecule is COc1cc(C)nc(N2CC[C@@H]3CNC[C@@H]32)c1. The molecule has 0 saturated carbocycles. The normalized spacial score (nSPS) is 27.3. The zero-order chi connectivity index (χ0) is 11.8. The van der Waals surface area contributed by atoms with Crippen LogP contribution in [0.3, 0.4) is 0 Å². The summed E-state index contributed by atoms with van der Waals surface area (Å²) in [7, 11) is 1.71. The van der Waals surface area contributed by atoms with Crippen molar-refractivity contribution in [3.8, 4) is 5.75 Å². The molecule has 4 heteroatoms. The Morgan fingerprint density at radius 1 is 1.41 bits per heavy atom. The molecule has 1 aromatic rings. The maximum atomic E-state index is 5.32. The summed E-state index contributed by atoms with van der Waals surface area (Å²) in [5.74, 6) is 2.77. The van der Waals surface area contributed by atoms with Gasteiger partial charge in [-0.15, -0.1) is 0 Å². The number of nitrogens with zero attached hydrogens (tertiary/aromatic N) is 2. The number of hydrogen-bond acceptors (Lipinski definition) is 4. The van der Waals surface area contributed by atoms with Crippen LogP contribution in [0.15, 0.2) is 12.1 Å². The fraction of sp³-hybridized carbons (Fsp3) is 0.615. The van der Waals surface area contributed by atoms with E-state index in [1.807, 2.05) is 19.1 Å². The Bertz CT molecular complexity index is 421. The van der Waals surface area contributed by atoms with Gasteiger partial charge in [0.1, 0.15) is 11.6 Å². The topological polar surface area (TPSA) is 37.4 Å². The molecule has 1 aromatic heterocycles. The van der Waals surface area contributed by atoms with Crippen molar-refractivity contribution in [1.82, 2.24) is 10.3 Å². The molecule has 0 radical (unpaired) electrons. The van der Waals surface area contributed by atoms with Gasteiger partial charge in [-0.3, -0.25) is 0 Å². The lowest BCUT2D eigenvalue weighted by Crippen LogP contribution is -2.34. The first-order valence-corrected chi connectivity index (χ1v) is 6.28. The minimum Gasteiger partial charge on any atom is -0.497 e. The van der Waals surface area contributed by atoms with Crippen molar-refractivity contribution in [2.45, 2.75) is 19.4 Å². The van der Waals surface area contributed by atoms with E-state index in [1.54, 1.807) is 7.11 Å². The van der Waals surface area contributed by atoms with Gasteiger partial charge in [0.2, 0.25) is 0 Å². The summed E-state index contributed by atoms with van der Waals surface area (Å²) in [5.41, 5.74) is 1.02. The zero-order valence-electron chi connectivity index (χ0n) is 10.4. The number of nitrogens with one attached hydrogen (secondary N) is 1. The van der Waals surface area contributed by atoms with Crippen molar-refractivity contribution in [3.05, 3.63) is 17.8 Å². The molecule has 2 aliphatic rings. The molecule has 4 nitrogen and oxygen atoms in total. The van der Waals surface area contributed by atoms with Crippen LogP contribution in [-0.4, -0.2) is 37.8 Å². The largest absolute Gasteiger partial charge is 0.497 e. The number of ether oxygens (including phenoxy) is 1. The van der Waals surface area contributed by atoms with E-state index in [0.29, 0.717) is 6.04 Å². The predicted molar refractivity (Wildman–Crippen MR) is 67.6 cm³/mol. The van der Waals surface area contributed by atoms with Crippen molar-refractivity contribution in [3.63, 3.8) is 0 Å². The molecule has 0 bridgehead atoms. The van der Waals surface area contributed by atoms with Crippen molar-refractivity contribution in [1.29, 1.82) is 0 Å². The van der Waals surface area contributed by atoms with E-state index in [1.165, 1.54) is 6.42 Å². The Labute approximate surface area is 102 Å². The highest BCUT2D eigenvalue weighted by atomic mass is 16.5. The lowest BCUT2D eigenvalue weighted by molar-refractivity contribution is 0.413. The third-order valence-electron chi connectivity index (χ3n) is 3.89. The monoisotopic (exact) mass is 233 g/mol. The van der Waals surface area contributed by atoms with Gasteiger partial charge in [-0.1, -0.05) is 0 Å². The van der Waals surface area contributed by atoms with E-state index < -0.39 is 0 Å². The van der Waals surface area contributed by atoms with Crippen LogP contribution in [-0.2, 0) is 0 Å². The van der Waals surface area contributed by atoms with E-state index in [2.05, 4.69) is 15.2 Å². The summed E-state index contributed by atoms with van der Waals surface area (Å²) in [4.78, 5) is 7.07. The molecule has 0 aliphatic carbocycles. The zero-order valence-corrected chi connectivity index (χ0v) is 10.4. The Kier molecular flexibility index (Phi) is 2.67. The van der Waals surface area contributed by atoms with Crippen LogP contribution < -0.4 is 15.0 Å². The maximum Gasteiger partial charge on any atom is 0.132 e. The number of rotatable bonds is 2. The van der Waals surface area contributed by atoms with Crippen molar-refractivity contribution < 1.29 is 4.74 Å². The standard InChI is InChI=1S/C13H19N3O/c1-9-5-11(17-2)6-13(15-9)16-4-3-10-7-14-8-12(10)16/h5-6,10,12,14H,3-4,7-8H2,1-2H3/t10-,12+/m1/s1. The van der Waals surface area contributed by atoms with Crippen LogP contribution in [0.5, 0.6) is 5.75 Å². The van der Waals surface area contributed by atoms with E-state index >= 15 is 0 Å². The number of fused-ring (bicyclic) bond motifs is 1. The van der Waals surface area contributed by atoms with E-state index in [0.717, 1.165) is 42.8 Å². The molecule has 2 atom stereocenters. The summed E-state index contributed by atoms with van der Waals surface area (Å²) in [6.45, 7) is 5.38. The van der Waals surface area contributed by atoms with Crippen LogP contribution in [0.4, 0.5) is 5.82 Å². The third kappa shape index (κ3) is 1.86. The van der Waals surface area contributed by atoms with Crippen molar-refractivity contribution >= 4 is 5.82 Å². The van der Waals surface area contributed by atoms with Crippen molar-refractivity contribution in [2.75, 3.05) is 31.6 Å². The number of aromatic nitrogens is 1. The second-order valence-electron chi connectivity index (χ2n) is 4.97. The molecule has 2 fully saturated rings. The van der Waals surface area contributed by atoms with Gasteiger partial charge in [0.05, 0.1) is 7.11 Å². The van der Waals surface area contributed by atoms with Crippen LogP contribution in [0.1, 0.15) is 12.1 Å². The molecule has 3 heterocycles. The third-order valence-corrected chi connectivity index (χ3v) is 3.89. The number of aryl methyl sites for hydroxylation is 1. The second-order valence-corrected chi connectivity index (χ2v) is 4.97. The Hall–Kier alpha value is -1.29. The van der Waals surface area contributed by atoms with Crippen LogP contribution in [0.25, 0.3) is 0 Å². The van der Waals surface area contributed by atoms with E-state index in [9.17, 15) is 0 Å². The Morgan fingerprint density at radius 2 is 2.29 bits per heavy atom. The van der Waals surface area contributed by atoms with E-state index in [-0.39, 0.29) is 0 Å². The summed E-state index contributed by atoms with van der Waals surface area (Å²) in [6, 6.07) is 4.64. The van der Waals surface area contributed by atoms with Crippen LogP contribution >= 0.6 is 0 Å². The Morgan fingerprint density at radius 3 is 3.12 bits per heavy atom. The minimum atomic E-state index is 0.619. The molecule has 0 unspecified atom stereocenters. The fourth-order valence-electron chi connectivity index (χ4n) is 3.02. The second kappa shape index (κ2) is 4.18. The molecule has 2 saturated heterocycles. The molecule has 2 aliphatic heterocycles. The van der Waals surface area contributed by atoms with Gasteiger partial charge in [-0.25, -0.2) is 4.98 Å². The molecule has 0 amide bonds. The summed E-state index contributed by atoms with van der Waals surface area (Å²) < 4.78 is 5.32. The molecule has 92 valence electrons. The van der Waals surface area contributed by atoms with Gasteiger partial charge in [0.25, 0.3) is 0 Å². The smallest absolute Gasteiger partial charge is 0.132 e.